The van der Waals surface area contributed by atoms with Crippen molar-refractivity contribution in [3.8, 4) is 0 Å². The third kappa shape index (κ3) is 4.03. The summed E-state index contributed by atoms with van der Waals surface area (Å²) in [6, 6.07) is 8.23. The second-order valence-corrected chi connectivity index (χ2v) is 7.73. The Balaban J connectivity index is 1.24. The van der Waals surface area contributed by atoms with E-state index in [1.807, 2.05) is 0 Å². The summed E-state index contributed by atoms with van der Waals surface area (Å²) in [7, 11) is 0. The number of imide groups is 1. The van der Waals surface area contributed by atoms with Gasteiger partial charge in [0.05, 0.1) is 23.1 Å². The number of rotatable bonds is 7. The van der Waals surface area contributed by atoms with E-state index >= 15 is 0 Å². The molecule has 3 amide bonds. The molecule has 1 aromatic carbocycles. The van der Waals surface area contributed by atoms with Gasteiger partial charge in [-0.2, -0.15) is 0 Å². The van der Waals surface area contributed by atoms with Gasteiger partial charge < -0.3 is 5.32 Å². The van der Waals surface area contributed by atoms with Crippen LogP contribution in [0, 0.1) is 0 Å². The predicted octanol–water partition coefficient (Wildman–Crippen LogP) is 1.70. The Morgan fingerprint density at radius 2 is 1.70 bits per heavy atom. The number of carbonyl (C=O) groups is 3. The molecule has 1 aromatic heterocycles. The molecule has 2 heterocycles. The number of nitrogens with one attached hydrogen (secondary N) is 1. The van der Waals surface area contributed by atoms with Crippen molar-refractivity contribution in [2.24, 2.45) is 0 Å². The molecule has 8 heteroatoms. The van der Waals surface area contributed by atoms with Gasteiger partial charge in [-0.05, 0) is 25.0 Å². The summed E-state index contributed by atoms with van der Waals surface area (Å²) in [5.74, 6) is -0.643. The molecule has 156 valence electrons. The van der Waals surface area contributed by atoms with Gasteiger partial charge in [0.25, 0.3) is 17.4 Å². The van der Waals surface area contributed by atoms with Gasteiger partial charge in [0.2, 0.25) is 5.91 Å². The number of hydrogen-bond donors (Lipinski definition) is 1. The zero-order valence-electron chi connectivity index (χ0n) is 16.7. The molecule has 1 fully saturated rings. The minimum absolute atomic E-state index is 0.0131. The van der Waals surface area contributed by atoms with Gasteiger partial charge in [-0.3, -0.25) is 28.6 Å². The van der Waals surface area contributed by atoms with Crippen LogP contribution in [0.5, 0.6) is 0 Å². The number of amides is 3. The van der Waals surface area contributed by atoms with Gasteiger partial charge in [0.15, 0.2) is 0 Å². The second-order valence-electron chi connectivity index (χ2n) is 7.73. The SMILES string of the molecule is O=C(CCN1C(=O)c2ccccc2C1=O)NCCn1cnc(C2CCCC2)cc1=O. The molecule has 8 nitrogen and oxygen atoms in total. The van der Waals surface area contributed by atoms with Crippen LogP contribution >= 0.6 is 0 Å². The van der Waals surface area contributed by atoms with E-state index in [4.69, 9.17) is 0 Å². The Morgan fingerprint density at radius 1 is 1.03 bits per heavy atom. The van der Waals surface area contributed by atoms with Gasteiger partial charge in [-0.1, -0.05) is 25.0 Å². The molecule has 0 spiro atoms. The van der Waals surface area contributed by atoms with Crippen molar-refractivity contribution >= 4 is 17.7 Å². The lowest BCUT2D eigenvalue weighted by Gasteiger charge is -2.14. The zero-order chi connectivity index (χ0) is 21.1. The van der Waals surface area contributed by atoms with Crippen LogP contribution in [0.1, 0.15) is 64.4 Å². The minimum atomic E-state index is -0.372. The molecule has 0 atom stereocenters. The highest BCUT2D eigenvalue weighted by molar-refractivity contribution is 6.21. The topological polar surface area (TPSA) is 101 Å². The van der Waals surface area contributed by atoms with E-state index in [1.165, 1.54) is 17.4 Å². The van der Waals surface area contributed by atoms with Gasteiger partial charge in [-0.25, -0.2) is 4.98 Å². The first-order chi connectivity index (χ1) is 14.5. The smallest absolute Gasteiger partial charge is 0.261 e. The fraction of sp³-hybridized carbons (Fsp3) is 0.409. The summed E-state index contributed by atoms with van der Waals surface area (Å²) in [6.45, 7) is 0.608. The lowest BCUT2D eigenvalue weighted by atomic mass is 10.0. The van der Waals surface area contributed by atoms with Crippen LogP contribution in [-0.4, -0.2) is 45.3 Å². The maximum atomic E-state index is 12.3. The minimum Gasteiger partial charge on any atom is -0.354 e. The van der Waals surface area contributed by atoms with Crippen molar-refractivity contribution in [1.29, 1.82) is 0 Å². The molecule has 1 aliphatic heterocycles. The van der Waals surface area contributed by atoms with Crippen LogP contribution in [0.3, 0.4) is 0 Å². The molecule has 30 heavy (non-hydrogen) atoms. The molecule has 0 radical (unpaired) electrons. The number of aromatic nitrogens is 2. The number of nitrogens with zero attached hydrogens (tertiary/aromatic N) is 3. The van der Waals surface area contributed by atoms with Crippen LogP contribution in [0.2, 0.25) is 0 Å². The fourth-order valence-electron chi connectivity index (χ4n) is 4.11. The molecule has 1 N–H and O–H groups in total. The van der Waals surface area contributed by atoms with E-state index in [0.29, 0.717) is 23.6 Å². The first-order valence-corrected chi connectivity index (χ1v) is 10.3. The summed E-state index contributed by atoms with van der Waals surface area (Å²) >= 11 is 0. The largest absolute Gasteiger partial charge is 0.354 e. The monoisotopic (exact) mass is 408 g/mol. The Kier molecular flexibility index (Phi) is 5.74. The van der Waals surface area contributed by atoms with Gasteiger partial charge in [0, 0.05) is 38.0 Å². The third-order valence-electron chi connectivity index (χ3n) is 5.79. The summed E-state index contributed by atoms with van der Waals surface area (Å²) in [4.78, 5) is 54.5. The standard InChI is InChI=1S/C22H24N4O4/c27-19(9-11-26-21(29)16-7-3-4-8-17(16)22(26)30)23-10-12-25-14-24-18(13-20(25)28)15-5-1-2-6-15/h3-4,7-8,13-15H,1-2,5-6,9-12H2,(H,23,27). The lowest BCUT2D eigenvalue weighted by molar-refractivity contribution is -0.121. The van der Waals surface area contributed by atoms with Crippen LogP contribution in [-0.2, 0) is 11.3 Å². The Hall–Kier alpha value is -3.29. The van der Waals surface area contributed by atoms with Crippen molar-refractivity contribution in [2.75, 3.05) is 13.1 Å². The highest BCUT2D eigenvalue weighted by Gasteiger charge is 2.34. The number of benzene rings is 1. The quantitative estimate of drug-likeness (QED) is 0.703. The normalized spacial score (nSPS) is 16.2. The Morgan fingerprint density at radius 3 is 2.33 bits per heavy atom. The average molecular weight is 408 g/mol. The molecule has 2 aliphatic rings. The summed E-state index contributed by atoms with van der Waals surface area (Å²) in [6.07, 6.45) is 6.09. The number of fused-ring (bicyclic) bond motifs is 1. The molecule has 2 aromatic rings. The van der Waals surface area contributed by atoms with Gasteiger partial charge in [0.1, 0.15) is 0 Å². The van der Waals surface area contributed by atoms with Crippen LogP contribution in [0.15, 0.2) is 41.5 Å². The first-order valence-electron chi connectivity index (χ1n) is 10.3. The molecule has 1 aliphatic carbocycles. The summed E-state index contributed by atoms with van der Waals surface area (Å²) < 4.78 is 1.48. The van der Waals surface area contributed by atoms with Crippen molar-refractivity contribution in [1.82, 2.24) is 19.8 Å². The van der Waals surface area contributed by atoms with E-state index < -0.39 is 0 Å². The maximum absolute atomic E-state index is 12.3. The van der Waals surface area contributed by atoms with Crippen LogP contribution in [0.4, 0.5) is 0 Å². The third-order valence-corrected chi connectivity index (χ3v) is 5.79. The molecule has 0 saturated heterocycles. The highest BCUT2D eigenvalue weighted by Crippen LogP contribution is 2.32. The second kappa shape index (κ2) is 8.61. The van der Waals surface area contributed by atoms with Gasteiger partial charge in [-0.15, -0.1) is 0 Å². The van der Waals surface area contributed by atoms with Crippen molar-refractivity contribution in [2.45, 2.75) is 44.6 Å². The molecule has 0 bridgehead atoms. The summed E-state index contributed by atoms with van der Waals surface area (Å²) in [5.41, 5.74) is 1.48. The molecular weight excluding hydrogens is 384 g/mol. The molecule has 0 unspecified atom stereocenters. The van der Waals surface area contributed by atoms with Crippen molar-refractivity contribution in [3.05, 3.63) is 63.8 Å². The maximum Gasteiger partial charge on any atom is 0.261 e. The Bertz CT molecular complexity index is 1000. The number of hydrogen-bond acceptors (Lipinski definition) is 5. The van der Waals surface area contributed by atoms with E-state index in [1.54, 1.807) is 36.7 Å². The van der Waals surface area contributed by atoms with E-state index in [2.05, 4.69) is 10.3 Å². The number of carbonyl (C=O) groups excluding carboxylic acids is 3. The Labute approximate surface area is 173 Å². The molecule has 1 saturated carbocycles. The molecular formula is C22H24N4O4. The van der Waals surface area contributed by atoms with E-state index in [0.717, 1.165) is 23.4 Å². The molecule has 4 rings (SSSR count). The average Bonchev–Trinajstić information content (AvgIpc) is 3.36. The van der Waals surface area contributed by atoms with Gasteiger partial charge >= 0.3 is 0 Å². The van der Waals surface area contributed by atoms with Crippen LogP contribution in [0.25, 0.3) is 0 Å². The summed E-state index contributed by atoms with van der Waals surface area (Å²) in [5, 5.41) is 2.73. The van der Waals surface area contributed by atoms with E-state index in [9.17, 15) is 19.2 Å². The van der Waals surface area contributed by atoms with Crippen molar-refractivity contribution in [3.63, 3.8) is 0 Å². The lowest BCUT2D eigenvalue weighted by Crippen LogP contribution is -2.36. The highest BCUT2D eigenvalue weighted by atomic mass is 16.2. The van der Waals surface area contributed by atoms with Crippen molar-refractivity contribution < 1.29 is 14.4 Å². The zero-order valence-corrected chi connectivity index (χ0v) is 16.7. The predicted molar refractivity (Wildman–Crippen MR) is 109 cm³/mol. The van der Waals surface area contributed by atoms with E-state index in [-0.39, 0.29) is 42.8 Å². The van der Waals surface area contributed by atoms with Crippen LogP contribution < -0.4 is 10.9 Å². The first kappa shape index (κ1) is 20.0. The fourth-order valence-corrected chi connectivity index (χ4v) is 4.11.